The molecule has 2 unspecified atom stereocenters. The first-order chi connectivity index (χ1) is 16.1. The van der Waals surface area contributed by atoms with Crippen molar-refractivity contribution in [1.29, 1.82) is 0 Å². The van der Waals surface area contributed by atoms with E-state index in [1.54, 1.807) is 36.7 Å². The van der Waals surface area contributed by atoms with Gasteiger partial charge in [0.05, 0.1) is 12.6 Å². The number of pyridine rings is 1. The van der Waals surface area contributed by atoms with Gasteiger partial charge in [-0.2, -0.15) is 0 Å². The third-order valence-electron chi connectivity index (χ3n) is 6.04. The van der Waals surface area contributed by atoms with Crippen molar-refractivity contribution in [3.63, 3.8) is 0 Å². The van der Waals surface area contributed by atoms with E-state index in [2.05, 4.69) is 15.6 Å². The van der Waals surface area contributed by atoms with E-state index >= 15 is 0 Å². The van der Waals surface area contributed by atoms with Gasteiger partial charge in [0.2, 0.25) is 11.8 Å². The first-order valence-corrected chi connectivity index (χ1v) is 11.0. The summed E-state index contributed by atoms with van der Waals surface area (Å²) in [4.78, 5) is 46.1. The molecule has 10 heteroatoms. The van der Waals surface area contributed by atoms with Crippen molar-refractivity contribution in [3.8, 4) is 11.5 Å². The van der Waals surface area contributed by atoms with E-state index in [1.807, 2.05) is 6.07 Å². The van der Waals surface area contributed by atoms with Crippen LogP contribution in [0.1, 0.15) is 18.4 Å². The highest BCUT2D eigenvalue weighted by molar-refractivity contribution is 6.03. The number of nitrogens with zero attached hydrogens (tertiary/aromatic N) is 3. The highest BCUT2D eigenvalue weighted by atomic mass is 16.6. The van der Waals surface area contributed by atoms with Crippen LogP contribution in [0.3, 0.4) is 0 Å². The van der Waals surface area contributed by atoms with Crippen molar-refractivity contribution in [2.75, 3.05) is 31.6 Å². The van der Waals surface area contributed by atoms with Crippen molar-refractivity contribution < 1.29 is 23.9 Å². The van der Waals surface area contributed by atoms with Gasteiger partial charge in [-0.25, -0.2) is 4.79 Å². The van der Waals surface area contributed by atoms with E-state index in [9.17, 15) is 14.4 Å². The van der Waals surface area contributed by atoms with Crippen molar-refractivity contribution in [2.24, 2.45) is 0 Å². The van der Waals surface area contributed by atoms with Crippen molar-refractivity contribution in [3.05, 3.63) is 48.3 Å². The van der Waals surface area contributed by atoms with Crippen molar-refractivity contribution in [1.82, 2.24) is 20.1 Å². The Labute approximate surface area is 190 Å². The third-order valence-corrected chi connectivity index (χ3v) is 6.04. The Morgan fingerprint density at radius 2 is 2.03 bits per heavy atom. The number of aromatic nitrogens is 1. The fourth-order valence-electron chi connectivity index (χ4n) is 4.50. The smallest absolute Gasteiger partial charge is 0.327 e. The number of amides is 4. The molecule has 1 aromatic heterocycles. The summed E-state index contributed by atoms with van der Waals surface area (Å²) in [5, 5.41) is 6.06. The number of carbonyl (C=O) groups is 3. The van der Waals surface area contributed by atoms with Crippen LogP contribution in [0.2, 0.25) is 0 Å². The fourth-order valence-corrected chi connectivity index (χ4v) is 4.50. The largest absolute Gasteiger partial charge is 0.486 e. The second-order valence-corrected chi connectivity index (χ2v) is 8.24. The number of rotatable bonds is 5. The average Bonchev–Trinajstić information content (AvgIpc) is 2.85. The first kappa shape index (κ1) is 21.2. The molecule has 5 rings (SSSR count). The maximum Gasteiger partial charge on any atom is 0.327 e. The number of benzene rings is 1. The molecule has 2 N–H and O–H groups in total. The Bertz CT molecular complexity index is 1060. The highest BCUT2D eigenvalue weighted by Crippen LogP contribution is 2.32. The van der Waals surface area contributed by atoms with Gasteiger partial charge in [-0.3, -0.25) is 19.5 Å². The van der Waals surface area contributed by atoms with E-state index in [4.69, 9.17) is 9.47 Å². The van der Waals surface area contributed by atoms with Crippen LogP contribution in [0.5, 0.6) is 11.5 Å². The predicted octanol–water partition coefficient (Wildman–Crippen LogP) is 1.38. The van der Waals surface area contributed by atoms with Gasteiger partial charge < -0.3 is 25.0 Å². The van der Waals surface area contributed by atoms with Gasteiger partial charge in [0, 0.05) is 24.1 Å². The second kappa shape index (κ2) is 9.07. The number of ether oxygens (including phenoxy) is 2. The van der Waals surface area contributed by atoms with Crippen LogP contribution in [0.4, 0.5) is 10.5 Å². The molecule has 2 fully saturated rings. The van der Waals surface area contributed by atoms with Gasteiger partial charge in [0.15, 0.2) is 11.5 Å². The second-order valence-electron chi connectivity index (χ2n) is 8.24. The van der Waals surface area contributed by atoms with Crippen molar-refractivity contribution in [2.45, 2.75) is 31.5 Å². The lowest BCUT2D eigenvalue weighted by molar-refractivity contribution is -0.138. The minimum atomic E-state index is -0.532. The van der Waals surface area contributed by atoms with Crippen LogP contribution >= 0.6 is 0 Å². The maximum atomic E-state index is 13.3. The van der Waals surface area contributed by atoms with Crippen molar-refractivity contribution >= 4 is 23.5 Å². The third kappa shape index (κ3) is 4.34. The molecule has 1 aromatic carbocycles. The molecular weight excluding hydrogens is 426 g/mol. The Hall–Kier alpha value is -3.66. The molecule has 2 atom stereocenters. The van der Waals surface area contributed by atoms with Gasteiger partial charge in [-0.15, -0.1) is 0 Å². The molecule has 4 amide bonds. The maximum absolute atomic E-state index is 13.3. The number of fused-ring (bicyclic) bond motifs is 2. The number of hydrogen-bond donors (Lipinski definition) is 2. The Morgan fingerprint density at radius 3 is 2.85 bits per heavy atom. The van der Waals surface area contributed by atoms with Crippen LogP contribution in [0.15, 0.2) is 42.7 Å². The zero-order valence-corrected chi connectivity index (χ0v) is 18.0. The molecular formula is C23H25N5O5. The minimum Gasteiger partial charge on any atom is -0.486 e. The van der Waals surface area contributed by atoms with Gasteiger partial charge in [0.25, 0.3) is 0 Å². The molecule has 172 valence electrons. The molecule has 2 saturated heterocycles. The highest BCUT2D eigenvalue weighted by Gasteiger charge is 2.47. The van der Waals surface area contributed by atoms with Crippen LogP contribution < -0.4 is 20.1 Å². The van der Waals surface area contributed by atoms with Crippen LogP contribution in [-0.4, -0.2) is 71.0 Å². The summed E-state index contributed by atoms with van der Waals surface area (Å²) in [6, 6.07) is 7.38. The normalized spacial score (nSPS) is 22.1. The van der Waals surface area contributed by atoms with Crippen LogP contribution in [0, 0.1) is 0 Å². The quantitative estimate of drug-likeness (QED) is 0.706. The van der Waals surface area contributed by atoms with E-state index in [0.717, 1.165) is 12.0 Å². The molecule has 3 aliphatic heterocycles. The molecule has 0 radical (unpaired) electrons. The molecule has 4 heterocycles. The fraction of sp³-hybridized carbons (Fsp3) is 0.391. The molecule has 33 heavy (non-hydrogen) atoms. The Kier molecular flexibility index (Phi) is 5.82. The van der Waals surface area contributed by atoms with Gasteiger partial charge in [-0.1, -0.05) is 6.07 Å². The molecule has 0 bridgehead atoms. The lowest BCUT2D eigenvalue weighted by Crippen LogP contribution is -2.70. The first-order valence-electron chi connectivity index (χ1n) is 11.0. The molecule has 2 aromatic rings. The van der Waals surface area contributed by atoms with E-state index < -0.39 is 12.1 Å². The lowest BCUT2D eigenvalue weighted by atomic mass is 9.93. The van der Waals surface area contributed by atoms with E-state index in [1.165, 1.54) is 9.80 Å². The summed E-state index contributed by atoms with van der Waals surface area (Å²) in [7, 11) is 0. The number of anilines is 1. The Morgan fingerprint density at radius 1 is 1.18 bits per heavy atom. The van der Waals surface area contributed by atoms with Gasteiger partial charge >= 0.3 is 6.03 Å². The summed E-state index contributed by atoms with van der Waals surface area (Å²) in [6.45, 7) is 1.58. The number of hydrogen-bond acceptors (Lipinski definition) is 7. The number of carbonyl (C=O) groups excluding carboxylic acids is 3. The summed E-state index contributed by atoms with van der Waals surface area (Å²) >= 11 is 0. The monoisotopic (exact) mass is 451 g/mol. The predicted molar refractivity (Wildman–Crippen MR) is 118 cm³/mol. The van der Waals surface area contributed by atoms with Crippen LogP contribution in [0.25, 0.3) is 0 Å². The molecule has 0 spiro atoms. The summed E-state index contributed by atoms with van der Waals surface area (Å²) in [5.41, 5.74) is 1.30. The molecule has 3 aliphatic rings. The molecule has 0 aliphatic carbocycles. The number of urea groups is 1. The zero-order valence-electron chi connectivity index (χ0n) is 18.0. The standard InChI is InChI=1S/C23H25N5O5/c29-20(26-16-5-6-18-19(11-16)33-10-9-32-18)14-27-17-4-2-8-25-21(17)22(30)28(23(27)31)13-15-3-1-7-24-12-15/h1,3,5-7,11-12,17,21,25H,2,4,8-10,13-14H2,(H,26,29). The summed E-state index contributed by atoms with van der Waals surface area (Å²) < 4.78 is 11.1. The number of piperidine rings is 1. The number of nitrogens with one attached hydrogen (secondary N) is 2. The summed E-state index contributed by atoms with van der Waals surface area (Å²) in [5.74, 6) is 0.584. The minimum absolute atomic E-state index is 0.108. The van der Waals surface area contributed by atoms with Gasteiger partial charge in [0.1, 0.15) is 25.8 Å². The molecule has 10 nitrogen and oxygen atoms in total. The SMILES string of the molecule is O=C(CN1C(=O)N(Cc2cccnc2)C(=O)C2NCCCC21)Nc1ccc2c(c1)OCCO2. The summed E-state index contributed by atoms with van der Waals surface area (Å²) in [6.07, 6.45) is 4.74. The molecule has 0 saturated carbocycles. The zero-order chi connectivity index (χ0) is 22.8. The number of imide groups is 1. The topological polar surface area (TPSA) is 113 Å². The average molecular weight is 451 g/mol. The Balaban J connectivity index is 1.33. The van der Waals surface area contributed by atoms with E-state index in [-0.39, 0.29) is 30.9 Å². The van der Waals surface area contributed by atoms with Gasteiger partial charge in [-0.05, 0) is 43.1 Å². The lowest BCUT2D eigenvalue weighted by Gasteiger charge is -2.46. The van der Waals surface area contributed by atoms with E-state index in [0.29, 0.717) is 43.4 Å². The van der Waals surface area contributed by atoms with Crippen LogP contribution in [-0.2, 0) is 16.1 Å².